The number of amides is 1. The van der Waals surface area contributed by atoms with Gasteiger partial charge in [0.1, 0.15) is 0 Å². The van der Waals surface area contributed by atoms with Crippen LogP contribution in [-0.4, -0.2) is 20.3 Å². The maximum absolute atomic E-state index is 12.3. The van der Waals surface area contributed by atoms with E-state index in [4.69, 9.17) is 0 Å². The Morgan fingerprint density at radius 2 is 2.05 bits per heavy atom. The Morgan fingerprint density at radius 1 is 1.27 bits per heavy atom. The molecule has 0 saturated carbocycles. The zero-order chi connectivity index (χ0) is 15.7. The van der Waals surface area contributed by atoms with Gasteiger partial charge in [-0.25, -0.2) is 0 Å². The van der Waals surface area contributed by atoms with Crippen molar-refractivity contribution in [1.82, 2.24) is 19.7 Å². The fraction of sp³-hybridized carbons (Fsp3) is 0.188. The highest BCUT2D eigenvalue weighted by molar-refractivity contribution is 5.93. The van der Waals surface area contributed by atoms with E-state index in [1.807, 2.05) is 30.3 Å². The molecule has 112 valence electrons. The molecule has 2 aromatic heterocycles. The number of benzene rings is 1. The van der Waals surface area contributed by atoms with E-state index in [1.54, 1.807) is 29.5 Å². The summed E-state index contributed by atoms with van der Waals surface area (Å²) in [6.45, 7) is 0.186. The van der Waals surface area contributed by atoms with Gasteiger partial charge < -0.3 is 9.88 Å². The lowest BCUT2D eigenvalue weighted by Gasteiger charge is -2.09. The number of fused-ring (bicyclic) bond motifs is 1. The zero-order valence-electron chi connectivity index (χ0n) is 12.4. The minimum Gasteiger partial charge on any atom is -0.348 e. The summed E-state index contributed by atoms with van der Waals surface area (Å²) < 4.78 is 3.16. The molecule has 2 heterocycles. The van der Waals surface area contributed by atoms with Crippen LogP contribution in [0.4, 0.5) is 0 Å². The molecule has 0 aliphatic heterocycles. The number of nitrogens with one attached hydrogen (secondary N) is 1. The van der Waals surface area contributed by atoms with Gasteiger partial charge in [-0.1, -0.05) is 18.2 Å². The van der Waals surface area contributed by atoms with Crippen LogP contribution in [0.2, 0.25) is 0 Å². The topological polar surface area (TPSA) is 68.9 Å². The zero-order valence-corrected chi connectivity index (χ0v) is 12.4. The number of pyridine rings is 1. The largest absolute Gasteiger partial charge is 0.348 e. The van der Waals surface area contributed by atoms with Crippen LogP contribution >= 0.6 is 0 Å². The van der Waals surface area contributed by atoms with E-state index in [0.717, 1.165) is 10.9 Å². The molecule has 6 nitrogen and oxygen atoms in total. The second-order valence-electron chi connectivity index (χ2n) is 5.18. The number of carbonyl (C=O) groups is 1. The molecule has 0 atom stereocenters. The van der Waals surface area contributed by atoms with Gasteiger partial charge in [0.05, 0.1) is 17.3 Å². The smallest absolute Gasteiger partial charge is 0.255 e. The fourth-order valence-electron chi connectivity index (χ4n) is 2.43. The Balaban J connectivity index is 1.86. The van der Waals surface area contributed by atoms with E-state index in [0.29, 0.717) is 11.1 Å². The molecular formula is C16H16N4O2. The fourth-order valence-corrected chi connectivity index (χ4v) is 2.43. The molecule has 0 spiro atoms. The van der Waals surface area contributed by atoms with Crippen molar-refractivity contribution in [3.63, 3.8) is 0 Å². The number of aromatic nitrogens is 3. The normalized spacial score (nSPS) is 10.8. The minimum absolute atomic E-state index is 0.106. The van der Waals surface area contributed by atoms with E-state index in [9.17, 15) is 9.59 Å². The second-order valence-corrected chi connectivity index (χ2v) is 5.18. The molecule has 0 bridgehead atoms. The molecule has 0 saturated heterocycles. The molecule has 0 fully saturated rings. The van der Waals surface area contributed by atoms with Gasteiger partial charge >= 0.3 is 0 Å². The average molecular weight is 296 g/mol. The summed E-state index contributed by atoms with van der Waals surface area (Å²) in [6, 6.07) is 9.48. The summed E-state index contributed by atoms with van der Waals surface area (Å²) in [6.07, 6.45) is 3.13. The Hall–Kier alpha value is -2.89. The van der Waals surface area contributed by atoms with Gasteiger partial charge in [0.15, 0.2) is 0 Å². The number of hydrogen-bond donors (Lipinski definition) is 1. The number of hydrogen-bond acceptors (Lipinski definition) is 3. The predicted molar refractivity (Wildman–Crippen MR) is 83.6 cm³/mol. The molecule has 0 aliphatic rings. The maximum Gasteiger partial charge on any atom is 0.255 e. The molecule has 0 unspecified atom stereocenters. The van der Waals surface area contributed by atoms with Crippen LogP contribution < -0.4 is 10.9 Å². The third kappa shape index (κ3) is 2.50. The first kappa shape index (κ1) is 14.1. The Bertz CT molecular complexity index is 908. The van der Waals surface area contributed by atoms with E-state index in [2.05, 4.69) is 10.4 Å². The van der Waals surface area contributed by atoms with Crippen molar-refractivity contribution >= 4 is 16.8 Å². The summed E-state index contributed by atoms with van der Waals surface area (Å²) in [5.41, 5.74) is 1.79. The molecule has 1 aromatic carbocycles. The van der Waals surface area contributed by atoms with Gasteiger partial charge in [-0.05, 0) is 17.5 Å². The second kappa shape index (κ2) is 5.48. The number of aryl methyl sites for hydroxylation is 2. The van der Waals surface area contributed by atoms with E-state index < -0.39 is 0 Å². The van der Waals surface area contributed by atoms with Crippen molar-refractivity contribution in [2.45, 2.75) is 6.54 Å². The number of nitrogens with zero attached hydrogens (tertiary/aromatic N) is 3. The number of rotatable bonds is 3. The van der Waals surface area contributed by atoms with Gasteiger partial charge in [-0.15, -0.1) is 0 Å². The number of carbonyl (C=O) groups excluding carboxylic acids is 1. The highest BCUT2D eigenvalue weighted by Crippen LogP contribution is 2.12. The lowest BCUT2D eigenvalue weighted by atomic mass is 10.1. The van der Waals surface area contributed by atoms with E-state index in [1.165, 1.54) is 6.20 Å². The molecule has 0 radical (unpaired) electrons. The number of para-hydroxylation sites is 1. The third-order valence-corrected chi connectivity index (χ3v) is 3.61. The molecule has 1 amide bonds. The Morgan fingerprint density at radius 3 is 2.77 bits per heavy atom. The first-order valence-corrected chi connectivity index (χ1v) is 6.91. The first-order valence-electron chi connectivity index (χ1n) is 6.91. The lowest BCUT2D eigenvalue weighted by molar-refractivity contribution is 0.0950. The van der Waals surface area contributed by atoms with Crippen LogP contribution in [0.5, 0.6) is 0 Å². The highest BCUT2D eigenvalue weighted by atomic mass is 16.2. The van der Waals surface area contributed by atoms with Crippen LogP contribution in [-0.2, 0) is 20.6 Å². The first-order chi connectivity index (χ1) is 10.6. The van der Waals surface area contributed by atoms with Gasteiger partial charge in [-0.2, -0.15) is 5.10 Å². The summed E-state index contributed by atoms with van der Waals surface area (Å²) in [4.78, 5) is 24.3. The molecule has 22 heavy (non-hydrogen) atoms. The SMILES string of the molecule is Cn1cc(C(=O)NCc2cc3ccccc3n(C)c2=O)cn1. The third-order valence-electron chi connectivity index (χ3n) is 3.61. The van der Waals surface area contributed by atoms with E-state index >= 15 is 0 Å². The van der Waals surface area contributed by atoms with Crippen LogP contribution in [0.3, 0.4) is 0 Å². The van der Waals surface area contributed by atoms with Crippen molar-refractivity contribution in [2.24, 2.45) is 14.1 Å². The van der Waals surface area contributed by atoms with Crippen molar-refractivity contribution in [3.8, 4) is 0 Å². The highest BCUT2D eigenvalue weighted by Gasteiger charge is 2.10. The summed E-state index contributed by atoms with van der Waals surface area (Å²) >= 11 is 0. The van der Waals surface area contributed by atoms with E-state index in [-0.39, 0.29) is 18.0 Å². The standard InChI is InChI=1S/C16H16N4O2/c1-19-10-13(9-18-19)15(21)17-8-12-7-11-5-3-4-6-14(11)20(2)16(12)22/h3-7,9-10H,8H2,1-2H3,(H,17,21). The van der Waals surface area contributed by atoms with Crippen molar-refractivity contribution in [3.05, 3.63) is 64.2 Å². The molecule has 3 rings (SSSR count). The van der Waals surface area contributed by atoms with Crippen molar-refractivity contribution < 1.29 is 4.79 Å². The monoisotopic (exact) mass is 296 g/mol. The summed E-state index contributed by atoms with van der Waals surface area (Å²) in [5, 5.41) is 7.68. The Kier molecular flexibility index (Phi) is 3.50. The van der Waals surface area contributed by atoms with Crippen LogP contribution in [0.25, 0.3) is 10.9 Å². The van der Waals surface area contributed by atoms with Crippen molar-refractivity contribution in [1.29, 1.82) is 0 Å². The lowest BCUT2D eigenvalue weighted by Crippen LogP contribution is -2.29. The predicted octanol–water partition coefficient (Wildman–Crippen LogP) is 1.20. The minimum atomic E-state index is -0.247. The van der Waals surface area contributed by atoms with Crippen LogP contribution in [0.1, 0.15) is 15.9 Å². The molecule has 0 aliphatic carbocycles. The quantitative estimate of drug-likeness (QED) is 0.789. The van der Waals surface area contributed by atoms with Gasteiger partial charge in [-0.3, -0.25) is 14.3 Å². The van der Waals surface area contributed by atoms with Crippen LogP contribution in [0.15, 0.2) is 47.5 Å². The molecule has 1 N–H and O–H groups in total. The summed E-state index contributed by atoms with van der Waals surface area (Å²) in [7, 11) is 3.48. The van der Waals surface area contributed by atoms with Gasteiger partial charge in [0, 0.05) is 32.4 Å². The maximum atomic E-state index is 12.3. The van der Waals surface area contributed by atoms with Gasteiger partial charge in [0.2, 0.25) is 0 Å². The average Bonchev–Trinajstić information content (AvgIpc) is 2.96. The van der Waals surface area contributed by atoms with Crippen molar-refractivity contribution in [2.75, 3.05) is 0 Å². The molecule has 3 aromatic rings. The van der Waals surface area contributed by atoms with Crippen LogP contribution in [0, 0.1) is 0 Å². The summed E-state index contributed by atoms with van der Waals surface area (Å²) in [5.74, 6) is -0.247. The molecular weight excluding hydrogens is 280 g/mol. The Labute approximate surface area is 127 Å². The molecule has 6 heteroatoms. The van der Waals surface area contributed by atoms with Gasteiger partial charge in [0.25, 0.3) is 11.5 Å².